The molecule has 1 amide bonds. The van der Waals surface area contributed by atoms with Crippen LogP contribution in [0.5, 0.6) is 0 Å². The van der Waals surface area contributed by atoms with E-state index in [1.54, 1.807) is 0 Å². The average molecular weight is 269 g/mol. The van der Waals surface area contributed by atoms with Crippen LogP contribution in [0, 0.1) is 17.6 Å². The van der Waals surface area contributed by atoms with Crippen molar-refractivity contribution in [2.24, 2.45) is 5.92 Å². The quantitative estimate of drug-likeness (QED) is 0.911. The van der Waals surface area contributed by atoms with Crippen molar-refractivity contribution in [3.8, 4) is 0 Å². The highest BCUT2D eigenvalue weighted by Gasteiger charge is 2.17. The van der Waals surface area contributed by atoms with E-state index in [1.165, 1.54) is 12.1 Å². The molecule has 3 nitrogen and oxygen atoms in total. The van der Waals surface area contributed by atoms with Crippen molar-refractivity contribution < 1.29 is 18.3 Å². The molecule has 1 aliphatic rings. The van der Waals surface area contributed by atoms with E-state index in [0.29, 0.717) is 13.0 Å². The standard InChI is InChI=1S/C14H17F2NO2/c15-12-5-1-4-11(14(12)16)8-17-13(18)7-10-3-2-6-19-9-10/h1,4-5,10H,2-3,6-9H2,(H,17,18)/t10-/m1/s1. The van der Waals surface area contributed by atoms with E-state index in [2.05, 4.69) is 5.32 Å². The normalized spacial score (nSPS) is 19.2. The van der Waals surface area contributed by atoms with Gasteiger partial charge >= 0.3 is 0 Å². The summed E-state index contributed by atoms with van der Waals surface area (Å²) in [5, 5.41) is 2.61. The molecule has 1 atom stereocenters. The molecular formula is C14H17F2NO2. The number of carbonyl (C=O) groups excluding carboxylic acids is 1. The van der Waals surface area contributed by atoms with Gasteiger partial charge in [-0.2, -0.15) is 0 Å². The fourth-order valence-electron chi connectivity index (χ4n) is 2.18. The Morgan fingerprint density at radius 1 is 1.42 bits per heavy atom. The largest absolute Gasteiger partial charge is 0.381 e. The van der Waals surface area contributed by atoms with E-state index in [9.17, 15) is 13.6 Å². The smallest absolute Gasteiger partial charge is 0.220 e. The van der Waals surface area contributed by atoms with Gasteiger partial charge in [0.1, 0.15) is 0 Å². The fourth-order valence-corrected chi connectivity index (χ4v) is 2.18. The molecule has 2 rings (SSSR count). The molecule has 19 heavy (non-hydrogen) atoms. The number of hydrogen-bond donors (Lipinski definition) is 1. The van der Waals surface area contributed by atoms with Crippen molar-refractivity contribution in [1.82, 2.24) is 5.32 Å². The van der Waals surface area contributed by atoms with Crippen LogP contribution in [0.15, 0.2) is 18.2 Å². The molecule has 1 aromatic rings. The first kappa shape index (κ1) is 13.9. The van der Waals surface area contributed by atoms with Gasteiger partial charge in [-0.15, -0.1) is 0 Å². The minimum Gasteiger partial charge on any atom is -0.381 e. The topological polar surface area (TPSA) is 38.3 Å². The average Bonchev–Trinajstić information content (AvgIpc) is 2.42. The van der Waals surface area contributed by atoms with Crippen molar-refractivity contribution >= 4 is 5.91 Å². The first-order chi connectivity index (χ1) is 9.16. The minimum absolute atomic E-state index is 0.00992. The highest BCUT2D eigenvalue weighted by molar-refractivity contribution is 5.76. The Morgan fingerprint density at radius 2 is 2.26 bits per heavy atom. The van der Waals surface area contributed by atoms with Gasteiger partial charge in [0.15, 0.2) is 11.6 Å². The first-order valence-corrected chi connectivity index (χ1v) is 6.44. The first-order valence-electron chi connectivity index (χ1n) is 6.44. The third kappa shape index (κ3) is 3.99. The van der Waals surface area contributed by atoms with Crippen LogP contribution in [-0.2, 0) is 16.1 Å². The number of amides is 1. The zero-order valence-electron chi connectivity index (χ0n) is 10.6. The van der Waals surface area contributed by atoms with Crippen LogP contribution in [-0.4, -0.2) is 19.1 Å². The van der Waals surface area contributed by atoms with Crippen LogP contribution in [0.1, 0.15) is 24.8 Å². The molecule has 5 heteroatoms. The maximum Gasteiger partial charge on any atom is 0.220 e. The van der Waals surface area contributed by atoms with Gasteiger partial charge in [-0.1, -0.05) is 12.1 Å². The molecule has 1 saturated heterocycles. The predicted octanol–water partition coefficient (Wildman–Crippen LogP) is 2.40. The molecule has 1 aromatic carbocycles. The number of nitrogens with one attached hydrogen (secondary N) is 1. The van der Waals surface area contributed by atoms with Gasteiger partial charge in [0.2, 0.25) is 5.91 Å². The molecule has 104 valence electrons. The van der Waals surface area contributed by atoms with E-state index in [1.807, 2.05) is 0 Å². The lowest BCUT2D eigenvalue weighted by Gasteiger charge is -2.21. The Balaban J connectivity index is 1.81. The monoisotopic (exact) mass is 269 g/mol. The molecular weight excluding hydrogens is 252 g/mol. The third-order valence-corrected chi connectivity index (χ3v) is 3.24. The Kier molecular flexibility index (Phi) is 4.85. The second kappa shape index (κ2) is 6.61. The molecule has 0 radical (unpaired) electrons. The summed E-state index contributed by atoms with van der Waals surface area (Å²) in [5.41, 5.74) is 0.160. The number of benzene rings is 1. The van der Waals surface area contributed by atoms with Gasteiger partial charge < -0.3 is 10.1 Å². The second-order valence-corrected chi connectivity index (χ2v) is 4.78. The number of ether oxygens (including phenoxy) is 1. The van der Waals surface area contributed by atoms with E-state index >= 15 is 0 Å². The van der Waals surface area contributed by atoms with E-state index < -0.39 is 11.6 Å². The summed E-state index contributed by atoms with van der Waals surface area (Å²) in [7, 11) is 0. The molecule has 0 aliphatic carbocycles. The lowest BCUT2D eigenvalue weighted by molar-refractivity contribution is -0.123. The molecule has 0 spiro atoms. The molecule has 0 aromatic heterocycles. The van der Waals surface area contributed by atoms with Crippen molar-refractivity contribution in [3.05, 3.63) is 35.4 Å². The van der Waals surface area contributed by atoms with E-state index in [0.717, 1.165) is 25.5 Å². The van der Waals surface area contributed by atoms with E-state index in [4.69, 9.17) is 4.74 Å². The van der Waals surface area contributed by atoms with Gasteiger partial charge in [-0.25, -0.2) is 8.78 Å². The Labute approximate surface area is 111 Å². The Hall–Kier alpha value is -1.49. The summed E-state index contributed by atoms with van der Waals surface area (Å²) in [6, 6.07) is 3.94. The molecule has 0 bridgehead atoms. The molecule has 1 fully saturated rings. The van der Waals surface area contributed by atoms with Gasteiger partial charge in [-0.05, 0) is 24.8 Å². The number of carbonyl (C=O) groups is 1. The maximum atomic E-state index is 13.4. The summed E-state index contributed by atoms with van der Waals surface area (Å²) in [5.74, 6) is -1.72. The second-order valence-electron chi connectivity index (χ2n) is 4.78. The highest BCUT2D eigenvalue weighted by Crippen LogP contribution is 2.17. The summed E-state index contributed by atoms with van der Waals surface area (Å²) < 4.78 is 31.6. The lowest BCUT2D eigenvalue weighted by Crippen LogP contribution is -2.28. The van der Waals surface area contributed by atoms with Gasteiger partial charge in [-0.3, -0.25) is 4.79 Å². The number of halogens is 2. The molecule has 1 aliphatic heterocycles. The van der Waals surface area contributed by atoms with Crippen molar-refractivity contribution in [2.75, 3.05) is 13.2 Å². The number of rotatable bonds is 4. The third-order valence-electron chi connectivity index (χ3n) is 3.24. The summed E-state index contributed by atoms with van der Waals surface area (Å²) in [4.78, 5) is 11.7. The van der Waals surface area contributed by atoms with Crippen LogP contribution in [0.25, 0.3) is 0 Å². The fraction of sp³-hybridized carbons (Fsp3) is 0.500. The minimum atomic E-state index is -0.899. The van der Waals surface area contributed by atoms with Crippen molar-refractivity contribution in [1.29, 1.82) is 0 Å². The maximum absolute atomic E-state index is 13.4. The van der Waals surface area contributed by atoms with Gasteiger partial charge in [0.05, 0.1) is 0 Å². The van der Waals surface area contributed by atoms with Gasteiger partial charge in [0.25, 0.3) is 0 Å². The van der Waals surface area contributed by atoms with Crippen LogP contribution in [0.4, 0.5) is 8.78 Å². The van der Waals surface area contributed by atoms with E-state index in [-0.39, 0.29) is 23.9 Å². The SMILES string of the molecule is O=C(C[C@H]1CCCOC1)NCc1cccc(F)c1F. The van der Waals surface area contributed by atoms with Crippen LogP contribution in [0.2, 0.25) is 0 Å². The van der Waals surface area contributed by atoms with Crippen LogP contribution < -0.4 is 5.32 Å². The summed E-state index contributed by atoms with van der Waals surface area (Å²) >= 11 is 0. The summed E-state index contributed by atoms with van der Waals surface area (Å²) in [6.45, 7) is 1.37. The number of hydrogen-bond acceptors (Lipinski definition) is 2. The molecule has 0 saturated carbocycles. The van der Waals surface area contributed by atoms with Crippen molar-refractivity contribution in [3.63, 3.8) is 0 Å². The molecule has 1 heterocycles. The lowest BCUT2D eigenvalue weighted by atomic mass is 9.98. The Morgan fingerprint density at radius 3 is 3.00 bits per heavy atom. The predicted molar refractivity (Wildman–Crippen MR) is 66.4 cm³/mol. The molecule has 0 unspecified atom stereocenters. The van der Waals surface area contributed by atoms with Crippen molar-refractivity contribution in [2.45, 2.75) is 25.8 Å². The highest BCUT2D eigenvalue weighted by atomic mass is 19.2. The zero-order valence-corrected chi connectivity index (χ0v) is 10.6. The van der Waals surface area contributed by atoms with Crippen LogP contribution in [0.3, 0.4) is 0 Å². The zero-order chi connectivity index (χ0) is 13.7. The van der Waals surface area contributed by atoms with Gasteiger partial charge in [0, 0.05) is 31.7 Å². The Bertz CT molecular complexity index is 445. The molecule has 1 N–H and O–H groups in total. The van der Waals surface area contributed by atoms with Crippen LogP contribution >= 0.6 is 0 Å². The summed E-state index contributed by atoms with van der Waals surface area (Å²) in [6.07, 6.45) is 2.31.